The molecule has 0 aliphatic heterocycles. The van der Waals surface area contributed by atoms with Gasteiger partial charge < -0.3 is 33.8 Å². The fraction of sp³-hybridized carbons (Fsp3) is 0.948. The van der Waals surface area contributed by atoms with E-state index >= 15 is 0 Å². The highest BCUT2D eigenvalue weighted by molar-refractivity contribution is 7.47. The highest BCUT2D eigenvalue weighted by atomic mass is 31.2. The lowest BCUT2D eigenvalue weighted by Gasteiger charge is -2.21. The molecule has 0 aromatic rings. The summed E-state index contributed by atoms with van der Waals surface area (Å²) in [7, 11) is -9.91. The molecule has 0 saturated heterocycles. The van der Waals surface area contributed by atoms with Gasteiger partial charge >= 0.3 is 39.5 Å². The molecule has 3 unspecified atom stereocenters. The molecule has 0 amide bonds. The van der Waals surface area contributed by atoms with E-state index in [1.165, 1.54) is 199 Å². The van der Waals surface area contributed by atoms with Gasteiger partial charge in [-0.25, -0.2) is 9.13 Å². The maximum atomic E-state index is 13.1. The lowest BCUT2D eigenvalue weighted by atomic mass is 9.99. The summed E-state index contributed by atoms with van der Waals surface area (Å²) in [6, 6.07) is 0. The highest BCUT2D eigenvalue weighted by Gasteiger charge is 2.30. The van der Waals surface area contributed by atoms with Crippen LogP contribution in [0, 0.1) is 17.8 Å². The molecule has 0 aliphatic rings. The van der Waals surface area contributed by atoms with Crippen LogP contribution in [-0.4, -0.2) is 96.7 Å². The summed E-state index contributed by atoms with van der Waals surface area (Å²) >= 11 is 0. The van der Waals surface area contributed by atoms with Crippen LogP contribution in [0.25, 0.3) is 0 Å². The monoisotopic (exact) mass is 1410 g/mol. The molecule has 0 aromatic heterocycles. The number of carbonyl (C=O) groups is 4. The summed E-state index contributed by atoms with van der Waals surface area (Å²) in [5.74, 6) is 0.258. The number of phosphoric ester groups is 2. The zero-order chi connectivity index (χ0) is 70.9. The van der Waals surface area contributed by atoms with Gasteiger partial charge in [0.25, 0.3) is 0 Å². The van der Waals surface area contributed by atoms with Crippen molar-refractivity contribution in [3.05, 3.63) is 0 Å². The smallest absolute Gasteiger partial charge is 0.462 e. The first-order valence-electron chi connectivity index (χ1n) is 39.9. The van der Waals surface area contributed by atoms with Gasteiger partial charge in [-0.15, -0.1) is 0 Å². The van der Waals surface area contributed by atoms with Crippen molar-refractivity contribution in [3.63, 3.8) is 0 Å². The van der Waals surface area contributed by atoms with E-state index in [0.717, 1.165) is 114 Å². The molecule has 0 saturated carbocycles. The van der Waals surface area contributed by atoms with Crippen molar-refractivity contribution in [2.45, 2.75) is 414 Å². The fourth-order valence-electron chi connectivity index (χ4n) is 11.7. The third-order valence-corrected chi connectivity index (χ3v) is 20.1. The van der Waals surface area contributed by atoms with Crippen LogP contribution in [-0.2, 0) is 65.4 Å². The Labute approximate surface area is 588 Å². The molecule has 0 aliphatic carbocycles. The van der Waals surface area contributed by atoms with E-state index < -0.39 is 97.5 Å². The van der Waals surface area contributed by atoms with E-state index in [2.05, 4.69) is 48.5 Å². The second-order valence-electron chi connectivity index (χ2n) is 28.9. The van der Waals surface area contributed by atoms with Gasteiger partial charge in [0.1, 0.15) is 19.3 Å². The molecule has 0 heterocycles. The van der Waals surface area contributed by atoms with Crippen molar-refractivity contribution >= 4 is 39.5 Å². The second kappa shape index (κ2) is 67.5. The normalized spacial score (nSPS) is 14.3. The van der Waals surface area contributed by atoms with Crippen molar-refractivity contribution < 1.29 is 80.2 Å². The molecule has 0 bridgehead atoms. The number of ether oxygens (including phenoxy) is 4. The van der Waals surface area contributed by atoms with Crippen LogP contribution in [0.4, 0.5) is 0 Å². The molecule has 570 valence electrons. The molecule has 96 heavy (non-hydrogen) atoms. The average molecular weight is 1410 g/mol. The zero-order valence-electron chi connectivity index (χ0n) is 62.8. The molecule has 3 N–H and O–H groups in total. The predicted molar refractivity (Wildman–Crippen MR) is 391 cm³/mol. The number of esters is 4. The van der Waals surface area contributed by atoms with Gasteiger partial charge in [0, 0.05) is 25.7 Å². The number of aliphatic hydroxyl groups is 1. The molecule has 0 radical (unpaired) electrons. The van der Waals surface area contributed by atoms with Crippen LogP contribution in [0.1, 0.15) is 395 Å². The number of hydrogen-bond donors (Lipinski definition) is 3. The number of carbonyl (C=O) groups excluding carboxylic acids is 4. The van der Waals surface area contributed by atoms with Gasteiger partial charge in [-0.05, 0) is 43.4 Å². The van der Waals surface area contributed by atoms with Crippen LogP contribution in [0.2, 0.25) is 0 Å². The summed E-state index contributed by atoms with van der Waals surface area (Å²) in [5.41, 5.74) is 0. The Hall–Kier alpha value is -1.94. The third-order valence-electron chi connectivity index (χ3n) is 18.2. The SMILES string of the molecule is CCCCCCCCCCC(=O)OC[C@H](COP(=O)(O)OC[C@H](O)COP(=O)(O)OC[C@@H](COC(=O)CCCCCCCCCCCCCC(C)C)OC(=O)CCCCCCCCCCCCCCCCCCCCC(C)CC)OC(=O)CCCCCCCCCCCC(C)C. The quantitative estimate of drug-likeness (QED) is 0.0222. The minimum Gasteiger partial charge on any atom is -0.462 e. The number of rotatable bonds is 75. The second-order valence-corrected chi connectivity index (χ2v) is 31.8. The molecule has 17 nitrogen and oxygen atoms in total. The molecule has 0 aromatic carbocycles. The Bertz CT molecular complexity index is 1870. The van der Waals surface area contributed by atoms with Crippen molar-refractivity contribution in [1.29, 1.82) is 0 Å². The highest BCUT2D eigenvalue weighted by Crippen LogP contribution is 2.45. The number of hydrogen-bond acceptors (Lipinski definition) is 15. The van der Waals surface area contributed by atoms with Gasteiger partial charge in [0.05, 0.1) is 26.4 Å². The lowest BCUT2D eigenvalue weighted by Crippen LogP contribution is -2.30. The molecule has 0 spiro atoms. The first-order chi connectivity index (χ1) is 46.3. The van der Waals surface area contributed by atoms with E-state index in [1.807, 2.05) is 0 Å². The molecular formula is C77H150O17P2. The zero-order valence-corrected chi connectivity index (χ0v) is 64.6. The summed E-state index contributed by atoms with van der Waals surface area (Å²) < 4.78 is 68.5. The number of phosphoric acid groups is 2. The molecule has 19 heteroatoms. The number of aliphatic hydroxyl groups excluding tert-OH is 1. The summed E-state index contributed by atoms with van der Waals surface area (Å²) in [6.45, 7) is 11.9. The lowest BCUT2D eigenvalue weighted by molar-refractivity contribution is -0.161. The summed E-state index contributed by atoms with van der Waals surface area (Å²) in [4.78, 5) is 72.7. The largest absolute Gasteiger partial charge is 0.472 e. The average Bonchev–Trinajstić information content (AvgIpc) is 1.60. The predicted octanol–water partition coefficient (Wildman–Crippen LogP) is 22.6. The van der Waals surface area contributed by atoms with Crippen molar-refractivity contribution in [1.82, 2.24) is 0 Å². The minimum atomic E-state index is -4.96. The minimum absolute atomic E-state index is 0.105. The first-order valence-corrected chi connectivity index (χ1v) is 42.9. The van der Waals surface area contributed by atoms with E-state index in [0.29, 0.717) is 25.7 Å². The van der Waals surface area contributed by atoms with Crippen LogP contribution >= 0.6 is 15.6 Å². The van der Waals surface area contributed by atoms with E-state index in [1.54, 1.807) is 0 Å². The molecular weight excluding hydrogens is 1260 g/mol. The fourth-order valence-corrected chi connectivity index (χ4v) is 13.3. The molecule has 0 fully saturated rings. The Kier molecular flexibility index (Phi) is 66.2. The van der Waals surface area contributed by atoms with E-state index in [9.17, 15) is 43.2 Å². The Balaban J connectivity index is 5.17. The Morgan fingerprint density at radius 3 is 0.792 bits per heavy atom. The third kappa shape index (κ3) is 69.2. The van der Waals surface area contributed by atoms with Crippen LogP contribution in [0.15, 0.2) is 0 Å². The standard InChI is InChI=1S/C77H150O17P2/c1-8-10-11-12-13-37-44-51-58-74(79)87-64-72(94-77(82)61-54-47-40-33-27-29-35-42-49-56-69(5)6)66-91-95(83,84)89-62-71(78)63-90-96(85,86)92-67-73(65-88-75(80)59-52-45-38-31-26-22-23-28-34-41-48-55-68(3)4)93-76(81)60-53-46-39-32-25-21-19-17-15-14-16-18-20-24-30-36-43-50-57-70(7)9-2/h68-73,78H,8-67H2,1-7H3,(H,83,84)(H,85,86)/t70?,71-,72+,73+/m0/s1. The maximum absolute atomic E-state index is 13.1. The maximum Gasteiger partial charge on any atom is 0.472 e. The topological polar surface area (TPSA) is 237 Å². The van der Waals surface area contributed by atoms with Crippen LogP contribution in [0.3, 0.4) is 0 Å². The van der Waals surface area contributed by atoms with Gasteiger partial charge in [-0.1, -0.05) is 344 Å². The van der Waals surface area contributed by atoms with Gasteiger partial charge in [-0.3, -0.25) is 37.3 Å². The summed E-state index contributed by atoms with van der Waals surface area (Å²) in [5, 5.41) is 10.6. The Morgan fingerprint density at radius 2 is 0.531 bits per heavy atom. The van der Waals surface area contributed by atoms with Crippen molar-refractivity contribution in [2.75, 3.05) is 39.6 Å². The Morgan fingerprint density at radius 1 is 0.302 bits per heavy atom. The first kappa shape index (κ1) is 94.1. The van der Waals surface area contributed by atoms with Crippen molar-refractivity contribution in [3.8, 4) is 0 Å². The summed E-state index contributed by atoms with van der Waals surface area (Å²) in [6.07, 6.45) is 54.2. The van der Waals surface area contributed by atoms with Crippen LogP contribution < -0.4 is 0 Å². The van der Waals surface area contributed by atoms with Crippen LogP contribution in [0.5, 0.6) is 0 Å². The van der Waals surface area contributed by atoms with Gasteiger partial charge in [0.2, 0.25) is 0 Å². The molecule has 0 rings (SSSR count). The van der Waals surface area contributed by atoms with E-state index in [-0.39, 0.29) is 25.7 Å². The van der Waals surface area contributed by atoms with Crippen molar-refractivity contribution in [2.24, 2.45) is 17.8 Å². The van der Waals surface area contributed by atoms with E-state index in [4.69, 9.17) is 37.0 Å². The van der Waals surface area contributed by atoms with Gasteiger partial charge in [0.15, 0.2) is 12.2 Å². The van der Waals surface area contributed by atoms with Gasteiger partial charge in [-0.2, -0.15) is 0 Å². The number of unbranched alkanes of at least 4 members (excludes halogenated alkanes) is 42. The molecule has 6 atom stereocenters.